The quantitative estimate of drug-likeness (QED) is 0.799. The van der Waals surface area contributed by atoms with Gasteiger partial charge in [-0.25, -0.2) is 0 Å². The maximum Gasteiger partial charge on any atom is 0.235 e. The van der Waals surface area contributed by atoms with Gasteiger partial charge in [-0.2, -0.15) is 0 Å². The summed E-state index contributed by atoms with van der Waals surface area (Å²) in [7, 11) is 3.48. The topological polar surface area (TPSA) is 40.5 Å². The van der Waals surface area contributed by atoms with Crippen LogP contribution in [-0.2, 0) is 4.79 Å². The molecular formula is C11H15NO2S. The molecule has 1 atom stereocenters. The summed E-state index contributed by atoms with van der Waals surface area (Å²) in [5.74, 6) is 0.299. The summed E-state index contributed by atoms with van der Waals surface area (Å²) >= 11 is 1.44. The third-order valence-electron chi connectivity index (χ3n) is 1.92. The molecule has 0 aliphatic carbocycles. The van der Waals surface area contributed by atoms with E-state index in [-0.39, 0.29) is 16.9 Å². The van der Waals surface area contributed by atoms with Crippen molar-refractivity contribution in [2.24, 2.45) is 0 Å². The molecule has 0 aliphatic rings. The number of phenolic OH excluding ortho intramolecular Hbond substituents is 1. The number of amides is 1. The van der Waals surface area contributed by atoms with Crippen molar-refractivity contribution in [3.63, 3.8) is 0 Å². The van der Waals surface area contributed by atoms with Gasteiger partial charge >= 0.3 is 0 Å². The highest BCUT2D eigenvalue weighted by atomic mass is 32.2. The molecule has 0 aromatic heterocycles. The monoisotopic (exact) mass is 225 g/mol. The van der Waals surface area contributed by atoms with Crippen LogP contribution in [0.1, 0.15) is 6.92 Å². The Hall–Kier alpha value is -1.16. The number of rotatable bonds is 3. The van der Waals surface area contributed by atoms with E-state index in [2.05, 4.69) is 0 Å². The Bertz CT molecular complexity index is 352. The van der Waals surface area contributed by atoms with Crippen LogP contribution in [0.4, 0.5) is 0 Å². The van der Waals surface area contributed by atoms with E-state index in [4.69, 9.17) is 0 Å². The zero-order chi connectivity index (χ0) is 11.4. The summed E-state index contributed by atoms with van der Waals surface area (Å²) in [4.78, 5) is 14.0. The van der Waals surface area contributed by atoms with Crippen molar-refractivity contribution >= 4 is 17.7 Å². The molecule has 0 saturated carbocycles. The Morgan fingerprint density at radius 2 is 2.13 bits per heavy atom. The van der Waals surface area contributed by atoms with E-state index >= 15 is 0 Å². The highest BCUT2D eigenvalue weighted by molar-refractivity contribution is 8.00. The minimum atomic E-state index is -0.137. The summed E-state index contributed by atoms with van der Waals surface area (Å²) in [5, 5.41) is 9.13. The Morgan fingerprint density at radius 1 is 1.47 bits per heavy atom. The fraction of sp³-hybridized carbons (Fsp3) is 0.364. The predicted octanol–water partition coefficient (Wildman–Crippen LogP) is 1.96. The van der Waals surface area contributed by atoms with Crippen LogP contribution in [0, 0.1) is 0 Å². The Balaban J connectivity index is 2.66. The van der Waals surface area contributed by atoms with Crippen LogP contribution in [0.15, 0.2) is 29.2 Å². The molecule has 4 heteroatoms. The maximum absolute atomic E-state index is 11.6. The van der Waals surface area contributed by atoms with E-state index < -0.39 is 0 Å². The van der Waals surface area contributed by atoms with E-state index in [9.17, 15) is 9.90 Å². The van der Waals surface area contributed by atoms with Crippen LogP contribution in [-0.4, -0.2) is 35.3 Å². The summed E-state index contributed by atoms with van der Waals surface area (Å²) in [6, 6.07) is 6.92. The average Bonchev–Trinajstić information content (AvgIpc) is 2.16. The number of thioether (sulfide) groups is 1. The van der Waals surface area contributed by atoms with Crippen molar-refractivity contribution in [2.75, 3.05) is 14.1 Å². The van der Waals surface area contributed by atoms with E-state index in [1.165, 1.54) is 11.8 Å². The molecule has 1 aromatic rings. The lowest BCUT2D eigenvalue weighted by molar-refractivity contribution is -0.127. The van der Waals surface area contributed by atoms with E-state index in [1.54, 1.807) is 37.2 Å². The standard InChI is InChI=1S/C11H15NO2S/c1-8(11(14)12(2)3)15-10-6-4-5-9(13)7-10/h4-8,13H,1-3H3. The summed E-state index contributed by atoms with van der Waals surface area (Å²) in [6.07, 6.45) is 0. The Labute approximate surface area is 94.1 Å². The van der Waals surface area contributed by atoms with Gasteiger partial charge in [-0.15, -0.1) is 11.8 Å². The second-order valence-electron chi connectivity index (χ2n) is 3.49. The van der Waals surface area contributed by atoms with Crippen LogP contribution >= 0.6 is 11.8 Å². The molecule has 0 fully saturated rings. The van der Waals surface area contributed by atoms with Gasteiger partial charge in [0, 0.05) is 19.0 Å². The molecule has 0 saturated heterocycles. The molecule has 1 rings (SSSR count). The van der Waals surface area contributed by atoms with Crippen LogP contribution in [0.3, 0.4) is 0 Å². The van der Waals surface area contributed by atoms with Gasteiger partial charge in [0.1, 0.15) is 5.75 Å². The molecule has 0 bridgehead atoms. The van der Waals surface area contributed by atoms with E-state index in [0.29, 0.717) is 0 Å². The van der Waals surface area contributed by atoms with Crippen LogP contribution in [0.25, 0.3) is 0 Å². The fourth-order valence-corrected chi connectivity index (χ4v) is 2.24. The maximum atomic E-state index is 11.6. The van der Waals surface area contributed by atoms with Crippen LogP contribution < -0.4 is 0 Å². The van der Waals surface area contributed by atoms with Gasteiger partial charge in [0.05, 0.1) is 5.25 Å². The van der Waals surface area contributed by atoms with Gasteiger partial charge in [0.15, 0.2) is 0 Å². The summed E-state index contributed by atoms with van der Waals surface area (Å²) in [5.41, 5.74) is 0. The minimum Gasteiger partial charge on any atom is -0.508 e. The molecule has 1 aromatic carbocycles. The molecule has 0 spiro atoms. The first-order valence-corrected chi connectivity index (χ1v) is 5.55. The molecule has 0 aliphatic heterocycles. The number of benzene rings is 1. The molecule has 3 nitrogen and oxygen atoms in total. The normalized spacial score (nSPS) is 12.2. The van der Waals surface area contributed by atoms with Crippen LogP contribution in [0.5, 0.6) is 5.75 Å². The molecule has 1 N–H and O–H groups in total. The number of phenols is 1. The largest absolute Gasteiger partial charge is 0.508 e. The van der Waals surface area contributed by atoms with Gasteiger partial charge in [0.2, 0.25) is 5.91 Å². The Morgan fingerprint density at radius 3 is 2.67 bits per heavy atom. The van der Waals surface area contributed by atoms with E-state index in [0.717, 1.165) is 4.90 Å². The number of aromatic hydroxyl groups is 1. The molecule has 0 heterocycles. The molecular weight excluding hydrogens is 210 g/mol. The van der Waals surface area contributed by atoms with Crippen molar-refractivity contribution in [2.45, 2.75) is 17.1 Å². The minimum absolute atomic E-state index is 0.0725. The summed E-state index contributed by atoms with van der Waals surface area (Å²) in [6.45, 7) is 1.86. The lowest BCUT2D eigenvalue weighted by Crippen LogP contribution is -2.29. The molecule has 0 radical (unpaired) electrons. The molecule has 1 amide bonds. The second kappa shape index (κ2) is 5.07. The number of nitrogens with zero attached hydrogens (tertiary/aromatic N) is 1. The molecule has 15 heavy (non-hydrogen) atoms. The van der Waals surface area contributed by atoms with Crippen molar-refractivity contribution in [3.8, 4) is 5.75 Å². The highest BCUT2D eigenvalue weighted by Crippen LogP contribution is 2.26. The van der Waals surface area contributed by atoms with Gasteiger partial charge in [-0.3, -0.25) is 4.79 Å². The fourth-order valence-electron chi connectivity index (χ4n) is 1.17. The first-order valence-electron chi connectivity index (χ1n) is 4.67. The summed E-state index contributed by atoms with van der Waals surface area (Å²) < 4.78 is 0. The van der Waals surface area contributed by atoms with Gasteiger partial charge < -0.3 is 10.0 Å². The Kier molecular flexibility index (Phi) is 4.03. The zero-order valence-electron chi connectivity index (χ0n) is 9.10. The average molecular weight is 225 g/mol. The SMILES string of the molecule is CC(Sc1cccc(O)c1)C(=O)N(C)C. The lowest BCUT2D eigenvalue weighted by Gasteiger charge is -2.16. The van der Waals surface area contributed by atoms with Gasteiger partial charge in [0.25, 0.3) is 0 Å². The first kappa shape index (κ1) is 11.9. The number of carbonyl (C=O) groups excluding carboxylic acids is 1. The molecule has 1 unspecified atom stereocenters. The number of carbonyl (C=O) groups is 1. The van der Waals surface area contributed by atoms with Crippen molar-refractivity contribution in [3.05, 3.63) is 24.3 Å². The van der Waals surface area contributed by atoms with Crippen molar-refractivity contribution in [1.82, 2.24) is 4.90 Å². The second-order valence-corrected chi connectivity index (χ2v) is 4.90. The zero-order valence-corrected chi connectivity index (χ0v) is 9.91. The third kappa shape index (κ3) is 3.47. The van der Waals surface area contributed by atoms with Crippen molar-refractivity contribution in [1.29, 1.82) is 0 Å². The number of hydrogen-bond donors (Lipinski definition) is 1. The highest BCUT2D eigenvalue weighted by Gasteiger charge is 2.15. The van der Waals surface area contributed by atoms with E-state index in [1.807, 2.05) is 13.0 Å². The molecule has 82 valence electrons. The predicted molar refractivity (Wildman–Crippen MR) is 62.1 cm³/mol. The lowest BCUT2D eigenvalue weighted by atomic mass is 10.3. The first-order chi connectivity index (χ1) is 7.00. The number of hydrogen-bond acceptors (Lipinski definition) is 3. The van der Waals surface area contributed by atoms with Crippen molar-refractivity contribution < 1.29 is 9.90 Å². The third-order valence-corrected chi connectivity index (χ3v) is 3.00. The van der Waals surface area contributed by atoms with Crippen LogP contribution in [0.2, 0.25) is 0 Å². The van der Waals surface area contributed by atoms with Gasteiger partial charge in [-0.05, 0) is 25.1 Å². The van der Waals surface area contributed by atoms with Gasteiger partial charge in [-0.1, -0.05) is 6.07 Å². The smallest absolute Gasteiger partial charge is 0.235 e.